The van der Waals surface area contributed by atoms with Crippen molar-refractivity contribution in [3.8, 4) is 0 Å². The van der Waals surface area contributed by atoms with Gasteiger partial charge < -0.3 is 9.84 Å². The minimum atomic E-state index is -0.517. The number of carbonyl (C=O) groups is 2. The third-order valence-electron chi connectivity index (χ3n) is 2.88. The number of ether oxygens (including phenoxy) is 1. The van der Waals surface area contributed by atoms with E-state index in [1.807, 2.05) is 30.3 Å². The average Bonchev–Trinajstić information content (AvgIpc) is 2.38. The Morgan fingerprint density at radius 3 is 2.33 bits per heavy atom. The van der Waals surface area contributed by atoms with Crippen molar-refractivity contribution in [3.63, 3.8) is 0 Å². The summed E-state index contributed by atoms with van der Waals surface area (Å²) >= 11 is 0. The summed E-state index contributed by atoms with van der Waals surface area (Å²) in [5.74, 6) is -0.775. The maximum atomic E-state index is 11.7. The van der Waals surface area contributed by atoms with Crippen LogP contribution in [0.3, 0.4) is 0 Å². The van der Waals surface area contributed by atoms with Gasteiger partial charge in [-0.2, -0.15) is 0 Å². The van der Waals surface area contributed by atoms with E-state index in [1.165, 1.54) is 0 Å². The first-order valence-electron chi connectivity index (χ1n) is 5.80. The molecule has 0 bridgehead atoms. The van der Waals surface area contributed by atoms with Crippen molar-refractivity contribution in [1.29, 1.82) is 0 Å². The Balaban J connectivity index is 2.12. The molecular formula is C13H15NO4. The number of aliphatic hydroxyl groups excluding tert-OH is 1. The van der Waals surface area contributed by atoms with Crippen LogP contribution in [0.25, 0.3) is 0 Å². The molecule has 5 heteroatoms. The zero-order valence-electron chi connectivity index (χ0n) is 9.91. The lowest BCUT2D eigenvalue weighted by atomic mass is 10.0. The first-order chi connectivity index (χ1) is 8.72. The van der Waals surface area contributed by atoms with E-state index in [0.29, 0.717) is 6.42 Å². The van der Waals surface area contributed by atoms with E-state index in [1.54, 1.807) is 0 Å². The molecule has 2 rings (SSSR count). The Kier molecular flexibility index (Phi) is 4.07. The van der Waals surface area contributed by atoms with Crippen molar-refractivity contribution in [2.75, 3.05) is 19.8 Å². The molecule has 0 saturated carbocycles. The van der Waals surface area contributed by atoms with Crippen molar-refractivity contribution < 1.29 is 19.4 Å². The minimum absolute atomic E-state index is 0.100. The lowest BCUT2D eigenvalue weighted by Crippen LogP contribution is -2.53. The van der Waals surface area contributed by atoms with Crippen molar-refractivity contribution >= 4 is 11.8 Å². The van der Waals surface area contributed by atoms with Gasteiger partial charge in [-0.1, -0.05) is 30.3 Å². The van der Waals surface area contributed by atoms with E-state index in [2.05, 4.69) is 0 Å². The van der Waals surface area contributed by atoms with Crippen LogP contribution in [0.4, 0.5) is 0 Å². The van der Waals surface area contributed by atoms with E-state index in [-0.39, 0.29) is 31.6 Å². The van der Waals surface area contributed by atoms with Crippen LogP contribution >= 0.6 is 0 Å². The molecule has 1 fully saturated rings. The third kappa shape index (κ3) is 2.75. The van der Waals surface area contributed by atoms with Crippen LogP contribution in [-0.4, -0.2) is 47.7 Å². The quantitative estimate of drug-likeness (QED) is 0.761. The fourth-order valence-electron chi connectivity index (χ4n) is 2.03. The average molecular weight is 249 g/mol. The molecule has 1 atom stereocenters. The molecule has 0 aromatic heterocycles. The predicted octanol–water partition coefficient (Wildman–Crippen LogP) is -0.0246. The summed E-state index contributed by atoms with van der Waals surface area (Å²) in [6.45, 7) is -0.444. The molecule has 96 valence electrons. The van der Waals surface area contributed by atoms with E-state index in [9.17, 15) is 14.7 Å². The second-order valence-corrected chi connectivity index (χ2v) is 4.18. The smallest absolute Gasteiger partial charge is 0.255 e. The number of aliphatic hydroxyl groups is 1. The topological polar surface area (TPSA) is 66.8 Å². The molecule has 0 radical (unpaired) electrons. The normalized spacial score (nSPS) is 17.9. The number of rotatable bonds is 4. The summed E-state index contributed by atoms with van der Waals surface area (Å²) in [7, 11) is 0. The third-order valence-corrected chi connectivity index (χ3v) is 2.88. The van der Waals surface area contributed by atoms with Gasteiger partial charge in [0.15, 0.2) is 0 Å². The van der Waals surface area contributed by atoms with E-state index in [4.69, 9.17) is 4.74 Å². The van der Waals surface area contributed by atoms with Gasteiger partial charge in [0.05, 0.1) is 12.6 Å². The van der Waals surface area contributed by atoms with Crippen LogP contribution < -0.4 is 0 Å². The number of benzene rings is 1. The molecule has 18 heavy (non-hydrogen) atoms. The molecule has 5 nitrogen and oxygen atoms in total. The summed E-state index contributed by atoms with van der Waals surface area (Å²) in [6.07, 6.45) is 0.453. The Bertz CT molecular complexity index is 416. The predicted molar refractivity (Wildman–Crippen MR) is 63.7 cm³/mol. The zero-order chi connectivity index (χ0) is 13.0. The van der Waals surface area contributed by atoms with Crippen molar-refractivity contribution in [2.45, 2.75) is 12.5 Å². The number of hydrogen-bond acceptors (Lipinski definition) is 4. The van der Waals surface area contributed by atoms with Crippen molar-refractivity contribution in [3.05, 3.63) is 35.9 Å². The number of morpholine rings is 1. The van der Waals surface area contributed by atoms with Gasteiger partial charge in [0, 0.05) is 0 Å². The van der Waals surface area contributed by atoms with Gasteiger partial charge in [-0.25, -0.2) is 0 Å². The molecule has 1 saturated heterocycles. The Morgan fingerprint density at radius 2 is 1.78 bits per heavy atom. The minimum Gasteiger partial charge on any atom is -0.394 e. The number of nitrogens with zero attached hydrogens (tertiary/aromatic N) is 1. The van der Waals surface area contributed by atoms with E-state index < -0.39 is 6.04 Å². The first-order valence-corrected chi connectivity index (χ1v) is 5.80. The summed E-state index contributed by atoms with van der Waals surface area (Å²) < 4.78 is 4.85. The fourth-order valence-corrected chi connectivity index (χ4v) is 2.03. The highest BCUT2D eigenvalue weighted by Crippen LogP contribution is 2.12. The van der Waals surface area contributed by atoms with Crippen LogP contribution in [0.15, 0.2) is 30.3 Å². The molecule has 1 aliphatic heterocycles. The van der Waals surface area contributed by atoms with Gasteiger partial charge in [-0.15, -0.1) is 0 Å². The number of hydrogen-bond donors (Lipinski definition) is 1. The van der Waals surface area contributed by atoms with Crippen LogP contribution in [0.1, 0.15) is 5.56 Å². The second-order valence-electron chi connectivity index (χ2n) is 4.18. The van der Waals surface area contributed by atoms with Crippen molar-refractivity contribution in [2.24, 2.45) is 0 Å². The molecule has 0 aliphatic carbocycles. The molecular weight excluding hydrogens is 234 g/mol. The van der Waals surface area contributed by atoms with Gasteiger partial charge in [0.25, 0.3) is 11.8 Å². The Labute approximate surface area is 105 Å². The molecule has 1 N–H and O–H groups in total. The first kappa shape index (κ1) is 12.7. The fraction of sp³-hybridized carbons (Fsp3) is 0.385. The molecule has 2 amide bonds. The largest absolute Gasteiger partial charge is 0.394 e. The van der Waals surface area contributed by atoms with Crippen LogP contribution in [0.2, 0.25) is 0 Å². The monoisotopic (exact) mass is 249 g/mol. The Hall–Kier alpha value is -1.72. The number of carbonyl (C=O) groups excluding carboxylic acids is 2. The molecule has 1 aromatic rings. The lowest BCUT2D eigenvalue weighted by Gasteiger charge is -2.31. The highest BCUT2D eigenvalue weighted by atomic mass is 16.5. The highest BCUT2D eigenvalue weighted by molar-refractivity contribution is 5.98. The number of amides is 2. The summed E-state index contributed by atoms with van der Waals surface area (Å²) in [5, 5.41) is 9.39. The molecule has 0 spiro atoms. The zero-order valence-corrected chi connectivity index (χ0v) is 9.91. The SMILES string of the molecule is O=C1COCC(=O)N1C(CO)Cc1ccccc1. The summed E-state index contributed by atoms with van der Waals surface area (Å²) in [5.41, 5.74) is 0.976. The van der Waals surface area contributed by atoms with Gasteiger partial charge >= 0.3 is 0 Å². The summed E-state index contributed by atoms with van der Waals surface area (Å²) in [4.78, 5) is 24.4. The van der Waals surface area contributed by atoms with E-state index in [0.717, 1.165) is 10.5 Å². The number of imide groups is 1. The van der Waals surface area contributed by atoms with Gasteiger partial charge in [-0.05, 0) is 12.0 Å². The Morgan fingerprint density at radius 1 is 1.17 bits per heavy atom. The van der Waals surface area contributed by atoms with E-state index >= 15 is 0 Å². The van der Waals surface area contributed by atoms with Crippen molar-refractivity contribution in [1.82, 2.24) is 4.90 Å². The van der Waals surface area contributed by atoms with Crippen LogP contribution in [-0.2, 0) is 20.7 Å². The highest BCUT2D eigenvalue weighted by Gasteiger charge is 2.32. The summed E-state index contributed by atoms with van der Waals surface area (Å²) in [6, 6.07) is 8.94. The van der Waals surface area contributed by atoms with Crippen LogP contribution in [0.5, 0.6) is 0 Å². The second kappa shape index (κ2) is 5.75. The molecule has 1 aliphatic rings. The standard InChI is InChI=1S/C13H15NO4/c15-7-11(6-10-4-2-1-3-5-10)14-12(16)8-18-9-13(14)17/h1-5,11,15H,6-9H2. The molecule has 1 heterocycles. The van der Waals surface area contributed by atoms with Gasteiger partial charge in [-0.3, -0.25) is 14.5 Å². The van der Waals surface area contributed by atoms with Gasteiger partial charge in [0.1, 0.15) is 13.2 Å². The molecule has 1 aromatic carbocycles. The maximum absolute atomic E-state index is 11.7. The molecule has 1 unspecified atom stereocenters. The van der Waals surface area contributed by atoms with Crippen LogP contribution in [0, 0.1) is 0 Å². The van der Waals surface area contributed by atoms with Gasteiger partial charge in [0.2, 0.25) is 0 Å². The lowest BCUT2D eigenvalue weighted by molar-refractivity contribution is -0.162. The maximum Gasteiger partial charge on any atom is 0.255 e.